The molecule has 0 aromatic heterocycles. The van der Waals surface area contributed by atoms with Crippen molar-refractivity contribution in [2.45, 2.75) is 65.5 Å². The van der Waals surface area contributed by atoms with Gasteiger partial charge in [-0.1, -0.05) is 70.2 Å². The van der Waals surface area contributed by atoms with Gasteiger partial charge in [0.1, 0.15) is 6.54 Å². The van der Waals surface area contributed by atoms with Gasteiger partial charge in [0.25, 0.3) is 5.91 Å². The molecule has 2 rings (SSSR count). The smallest absolute Gasteiger partial charge is 0.282 e. The van der Waals surface area contributed by atoms with E-state index in [9.17, 15) is 4.79 Å². The minimum absolute atomic E-state index is 0.0713. The Bertz CT molecular complexity index is 736. The van der Waals surface area contributed by atoms with Crippen molar-refractivity contribution in [3.8, 4) is 0 Å². The summed E-state index contributed by atoms with van der Waals surface area (Å²) in [4.78, 5) is 14.0. The fourth-order valence-electron chi connectivity index (χ4n) is 3.22. The quantitative estimate of drug-likeness (QED) is 0.714. The van der Waals surface area contributed by atoms with Crippen molar-refractivity contribution in [1.29, 1.82) is 0 Å². The van der Waals surface area contributed by atoms with E-state index < -0.39 is 0 Å². The second-order valence-corrected chi connectivity index (χ2v) is 8.03. The highest BCUT2D eigenvalue weighted by Gasteiger charge is 2.23. The number of benzene rings is 2. The number of nitrogens with one attached hydrogen (secondary N) is 2. The second kappa shape index (κ2) is 9.70. The first-order valence-corrected chi connectivity index (χ1v) is 10.1. The molecule has 0 aliphatic rings. The fourth-order valence-corrected chi connectivity index (χ4v) is 3.22. The number of amides is 1. The van der Waals surface area contributed by atoms with Crippen LogP contribution < -0.4 is 10.2 Å². The summed E-state index contributed by atoms with van der Waals surface area (Å²) in [6, 6.07) is 16.8. The summed E-state index contributed by atoms with van der Waals surface area (Å²) in [6.07, 6.45) is 1.06. The number of carbonyl (C=O) groups excluding carboxylic acids is 1. The molecule has 3 nitrogen and oxygen atoms in total. The van der Waals surface area contributed by atoms with Gasteiger partial charge in [-0.2, -0.15) is 0 Å². The number of hydrogen-bond acceptors (Lipinski definition) is 1. The van der Waals surface area contributed by atoms with Gasteiger partial charge in [-0.05, 0) is 42.4 Å². The Hall–Kier alpha value is -2.13. The highest BCUT2D eigenvalue weighted by atomic mass is 16.2. The van der Waals surface area contributed by atoms with E-state index in [4.69, 9.17) is 0 Å². The van der Waals surface area contributed by atoms with Crippen LogP contribution in [0.2, 0.25) is 0 Å². The highest BCUT2D eigenvalue weighted by Crippen LogP contribution is 2.26. The van der Waals surface area contributed by atoms with Crippen LogP contribution in [0.5, 0.6) is 0 Å². The number of rotatable bonds is 8. The molecule has 0 bridgehead atoms. The van der Waals surface area contributed by atoms with E-state index in [1.807, 2.05) is 25.1 Å². The molecule has 27 heavy (non-hydrogen) atoms. The lowest BCUT2D eigenvalue weighted by molar-refractivity contribution is -0.907. The van der Waals surface area contributed by atoms with Crippen molar-refractivity contribution in [2.75, 3.05) is 12.4 Å². The molecular weight excluding hydrogens is 332 g/mol. The summed E-state index contributed by atoms with van der Waals surface area (Å²) in [6.45, 7) is 11.6. The van der Waals surface area contributed by atoms with E-state index in [-0.39, 0.29) is 11.9 Å². The van der Waals surface area contributed by atoms with Crippen LogP contribution in [0.3, 0.4) is 0 Å². The fraction of sp³-hybridized carbons (Fsp3) is 0.458. The first-order valence-electron chi connectivity index (χ1n) is 10.1. The lowest BCUT2D eigenvalue weighted by Crippen LogP contribution is -3.12. The van der Waals surface area contributed by atoms with Crippen molar-refractivity contribution in [1.82, 2.24) is 0 Å². The molecule has 0 saturated heterocycles. The van der Waals surface area contributed by atoms with Crippen molar-refractivity contribution >= 4 is 11.6 Å². The topological polar surface area (TPSA) is 33.5 Å². The van der Waals surface area contributed by atoms with Gasteiger partial charge in [-0.25, -0.2) is 0 Å². The summed E-state index contributed by atoms with van der Waals surface area (Å²) in [5, 5.41) is 3.16. The van der Waals surface area contributed by atoms with Crippen molar-refractivity contribution in [2.24, 2.45) is 0 Å². The van der Waals surface area contributed by atoms with Crippen LogP contribution in [-0.4, -0.2) is 19.0 Å². The van der Waals surface area contributed by atoms with Gasteiger partial charge in [-0.15, -0.1) is 0 Å². The summed E-state index contributed by atoms with van der Waals surface area (Å²) in [5.41, 5.74) is 4.76. The van der Waals surface area contributed by atoms with Gasteiger partial charge in [0.05, 0.1) is 7.05 Å². The predicted octanol–water partition coefficient (Wildman–Crippen LogP) is 4.37. The number of hydrogen-bond donors (Lipinski definition) is 2. The van der Waals surface area contributed by atoms with E-state index in [1.165, 1.54) is 21.6 Å². The molecule has 0 aliphatic heterocycles. The summed E-state index contributed by atoms with van der Waals surface area (Å²) < 4.78 is 0. The largest absolute Gasteiger partial charge is 0.324 e. The molecule has 1 amide bonds. The monoisotopic (exact) mass is 367 g/mol. The lowest BCUT2D eigenvalue weighted by Gasteiger charge is -2.23. The minimum atomic E-state index is -0.125. The Kier molecular flexibility index (Phi) is 7.61. The molecular formula is C24H35N2O+. The number of carbonyl (C=O) groups is 1. The van der Waals surface area contributed by atoms with Gasteiger partial charge in [0.15, 0.2) is 6.04 Å². The minimum Gasteiger partial charge on any atom is -0.324 e. The van der Waals surface area contributed by atoms with Crippen LogP contribution >= 0.6 is 0 Å². The third-order valence-electron chi connectivity index (χ3n) is 5.62. The number of likely N-dealkylation sites (N-methyl/N-ethyl adjacent to an activating group) is 1. The van der Waals surface area contributed by atoms with Crippen LogP contribution in [0.15, 0.2) is 48.5 Å². The second-order valence-electron chi connectivity index (χ2n) is 8.03. The third kappa shape index (κ3) is 5.67. The van der Waals surface area contributed by atoms with E-state index in [1.54, 1.807) is 0 Å². The summed E-state index contributed by atoms with van der Waals surface area (Å²) >= 11 is 0. The van der Waals surface area contributed by atoms with Crippen LogP contribution in [0.25, 0.3) is 0 Å². The normalized spacial score (nSPS) is 14.6. The van der Waals surface area contributed by atoms with Gasteiger partial charge in [0.2, 0.25) is 0 Å². The first kappa shape index (κ1) is 21.2. The summed E-state index contributed by atoms with van der Waals surface area (Å²) in [5.74, 6) is 1.04. The van der Waals surface area contributed by atoms with Gasteiger partial charge < -0.3 is 10.2 Å². The average molecular weight is 368 g/mol. The zero-order chi connectivity index (χ0) is 20.0. The maximum absolute atomic E-state index is 12.8. The number of anilines is 1. The third-order valence-corrected chi connectivity index (χ3v) is 5.62. The molecule has 2 aromatic carbocycles. The zero-order valence-electron chi connectivity index (χ0n) is 17.7. The molecule has 3 atom stereocenters. The SMILES string of the molecule is CC[C@H](C)c1ccccc1NC(=O)[C@@H](C)[NH+](C)Cc1ccc(C(C)C)cc1. The molecule has 0 radical (unpaired) electrons. The van der Waals surface area contributed by atoms with Crippen LogP contribution in [0.4, 0.5) is 5.69 Å². The molecule has 3 heteroatoms. The van der Waals surface area contributed by atoms with E-state index in [0.717, 1.165) is 18.7 Å². The van der Waals surface area contributed by atoms with Crippen molar-refractivity contribution in [3.63, 3.8) is 0 Å². The summed E-state index contributed by atoms with van der Waals surface area (Å²) in [7, 11) is 2.08. The molecule has 146 valence electrons. The average Bonchev–Trinajstić information content (AvgIpc) is 2.67. The molecule has 2 aromatic rings. The van der Waals surface area contributed by atoms with Crippen LogP contribution in [-0.2, 0) is 11.3 Å². The Balaban J connectivity index is 2.02. The Morgan fingerprint density at radius 3 is 2.22 bits per heavy atom. The maximum atomic E-state index is 12.8. The predicted molar refractivity (Wildman–Crippen MR) is 114 cm³/mol. The standard InChI is InChI=1S/C24H34N2O/c1-7-18(4)22-10-8-9-11-23(22)25-24(27)19(5)26(6)16-20-12-14-21(15-13-20)17(2)3/h8-15,17-19H,7,16H2,1-6H3,(H,25,27)/p+1/t18-,19+/m0/s1. The molecule has 0 saturated carbocycles. The number of para-hydroxylation sites is 1. The maximum Gasteiger partial charge on any atom is 0.282 e. The van der Waals surface area contributed by atoms with Crippen LogP contribution in [0.1, 0.15) is 69.6 Å². The van der Waals surface area contributed by atoms with Gasteiger partial charge >= 0.3 is 0 Å². The highest BCUT2D eigenvalue weighted by molar-refractivity contribution is 5.94. The molecule has 1 unspecified atom stereocenters. The lowest BCUT2D eigenvalue weighted by atomic mass is 9.97. The Morgan fingerprint density at radius 2 is 1.63 bits per heavy atom. The van der Waals surface area contributed by atoms with Crippen molar-refractivity contribution < 1.29 is 9.69 Å². The number of quaternary nitrogens is 1. The molecule has 0 fully saturated rings. The van der Waals surface area contributed by atoms with Gasteiger partial charge in [0, 0.05) is 11.3 Å². The molecule has 0 heterocycles. The van der Waals surface area contributed by atoms with E-state index in [2.05, 4.69) is 70.4 Å². The molecule has 0 aliphatic carbocycles. The Morgan fingerprint density at radius 1 is 1.00 bits per heavy atom. The first-order chi connectivity index (χ1) is 12.8. The zero-order valence-corrected chi connectivity index (χ0v) is 17.7. The molecule has 0 spiro atoms. The van der Waals surface area contributed by atoms with E-state index >= 15 is 0 Å². The van der Waals surface area contributed by atoms with Crippen molar-refractivity contribution in [3.05, 3.63) is 65.2 Å². The Labute approximate surface area is 164 Å². The van der Waals surface area contributed by atoms with Crippen LogP contribution in [0, 0.1) is 0 Å². The van der Waals surface area contributed by atoms with E-state index in [0.29, 0.717) is 11.8 Å². The van der Waals surface area contributed by atoms with Gasteiger partial charge in [-0.3, -0.25) is 4.79 Å². The molecule has 2 N–H and O–H groups in total.